The molecule has 0 aromatic heterocycles. The lowest BCUT2D eigenvalue weighted by molar-refractivity contribution is -0.0184. The fourth-order valence-electron chi connectivity index (χ4n) is 1.87. The predicted molar refractivity (Wildman–Crippen MR) is 66.8 cm³/mol. The van der Waals surface area contributed by atoms with Gasteiger partial charge < -0.3 is 14.7 Å². The van der Waals surface area contributed by atoms with Crippen molar-refractivity contribution < 1.29 is 19.0 Å². The van der Waals surface area contributed by atoms with Crippen molar-refractivity contribution in [3.63, 3.8) is 0 Å². The first kappa shape index (κ1) is 13.5. The molecule has 1 aromatic carbocycles. The number of benzene rings is 1. The highest BCUT2D eigenvalue weighted by atomic mass is 79.9. The molecule has 1 heterocycles. The van der Waals surface area contributed by atoms with E-state index in [4.69, 9.17) is 4.74 Å². The molecule has 2 rings (SSSR count). The number of aliphatic hydroxyl groups excluding tert-OH is 1. The highest BCUT2D eigenvalue weighted by molar-refractivity contribution is 9.10. The van der Waals surface area contributed by atoms with E-state index < -0.39 is 5.82 Å². The lowest BCUT2D eigenvalue weighted by Crippen LogP contribution is -2.50. The summed E-state index contributed by atoms with van der Waals surface area (Å²) in [5.74, 6) is -0.634. The molecule has 1 atom stereocenters. The molecule has 1 aromatic rings. The summed E-state index contributed by atoms with van der Waals surface area (Å²) < 4.78 is 18.6. The van der Waals surface area contributed by atoms with E-state index in [2.05, 4.69) is 15.9 Å². The van der Waals surface area contributed by atoms with Crippen molar-refractivity contribution in [1.29, 1.82) is 0 Å². The van der Waals surface area contributed by atoms with Crippen molar-refractivity contribution in [3.05, 3.63) is 34.1 Å². The third-order valence-electron chi connectivity index (χ3n) is 2.87. The number of amides is 1. The first-order valence-electron chi connectivity index (χ1n) is 5.58. The van der Waals surface area contributed by atoms with E-state index in [1.807, 2.05) is 0 Å². The van der Waals surface area contributed by atoms with E-state index in [0.717, 1.165) is 0 Å². The van der Waals surface area contributed by atoms with E-state index in [0.29, 0.717) is 25.3 Å². The number of aliphatic hydroxyl groups is 1. The van der Waals surface area contributed by atoms with Gasteiger partial charge in [-0.25, -0.2) is 4.39 Å². The average molecular weight is 318 g/mol. The van der Waals surface area contributed by atoms with E-state index in [9.17, 15) is 14.3 Å². The fourth-order valence-corrected chi connectivity index (χ4v) is 2.25. The molecular formula is C12H13BrFNO3. The predicted octanol–water partition coefficient (Wildman–Crippen LogP) is 1.42. The normalized spacial score (nSPS) is 19.9. The van der Waals surface area contributed by atoms with Crippen molar-refractivity contribution in [1.82, 2.24) is 4.90 Å². The van der Waals surface area contributed by atoms with E-state index in [1.54, 1.807) is 4.90 Å². The molecule has 1 aliphatic heterocycles. The van der Waals surface area contributed by atoms with Gasteiger partial charge in [-0.3, -0.25) is 4.79 Å². The summed E-state index contributed by atoms with van der Waals surface area (Å²) in [6.07, 6.45) is 0. The van der Waals surface area contributed by atoms with Crippen LogP contribution in [-0.4, -0.2) is 48.3 Å². The molecular weight excluding hydrogens is 305 g/mol. The minimum atomic E-state index is -0.410. The van der Waals surface area contributed by atoms with Crippen LogP contribution in [0, 0.1) is 5.82 Å². The highest BCUT2D eigenvalue weighted by Crippen LogP contribution is 2.19. The van der Waals surface area contributed by atoms with Crippen molar-refractivity contribution >= 4 is 21.8 Å². The number of ether oxygens (including phenoxy) is 1. The van der Waals surface area contributed by atoms with Crippen molar-refractivity contribution in [2.75, 3.05) is 26.4 Å². The standard InChI is InChI=1S/C12H13BrFNO3/c13-10-5-8(1-2-11(10)14)12(17)15-3-4-18-7-9(15)6-16/h1-2,5,9,16H,3-4,6-7H2. The summed E-state index contributed by atoms with van der Waals surface area (Å²) in [6, 6.07) is 3.79. The summed E-state index contributed by atoms with van der Waals surface area (Å²) in [6.45, 7) is 1.06. The van der Waals surface area contributed by atoms with Crippen LogP contribution >= 0.6 is 15.9 Å². The molecule has 1 saturated heterocycles. The maximum atomic E-state index is 13.1. The Balaban J connectivity index is 2.21. The smallest absolute Gasteiger partial charge is 0.254 e. The molecule has 6 heteroatoms. The summed E-state index contributed by atoms with van der Waals surface area (Å²) in [5.41, 5.74) is 0.392. The van der Waals surface area contributed by atoms with Gasteiger partial charge in [0.2, 0.25) is 0 Å². The Labute approximate surface area is 112 Å². The topological polar surface area (TPSA) is 49.8 Å². The largest absolute Gasteiger partial charge is 0.394 e. The Morgan fingerprint density at radius 2 is 2.39 bits per heavy atom. The highest BCUT2D eigenvalue weighted by Gasteiger charge is 2.27. The molecule has 0 bridgehead atoms. The second kappa shape index (κ2) is 5.77. The Hall–Kier alpha value is -0.980. The lowest BCUT2D eigenvalue weighted by Gasteiger charge is -2.34. The van der Waals surface area contributed by atoms with Crippen molar-refractivity contribution in [2.45, 2.75) is 6.04 Å². The van der Waals surface area contributed by atoms with E-state index >= 15 is 0 Å². The van der Waals surface area contributed by atoms with Gasteiger partial charge in [0.25, 0.3) is 5.91 Å². The third-order valence-corrected chi connectivity index (χ3v) is 3.47. The minimum absolute atomic E-state index is 0.145. The molecule has 0 saturated carbocycles. The number of hydrogen-bond donors (Lipinski definition) is 1. The number of halogens is 2. The maximum Gasteiger partial charge on any atom is 0.254 e. The molecule has 1 aliphatic rings. The molecule has 0 radical (unpaired) electrons. The van der Waals surface area contributed by atoms with Gasteiger partial charge in [-0.1, -0.05) is 0 Å². The molecule has 98 valence electrons. The quantitative estimate of drug-likeness (QED) is 0.897. The van der Waals surface area contributed by atoms with Crippen LogP contribution in [0.2, 0.25) is 0 Å². The van der Waals surface area contributed by atoms with Gasteiger partial charge >= 0.3 is 0 Å². The molecule has 0 aliphatic carbocycles. The van der Waals surface area contributed by atoms with Gasteiger partial charge in [-0.15, -0.1) is 0 Å². The van der Waals surface area contributed by atoms with Gasteiger partial charge in [0.05, 0.1) is 30.3 Å². The fraction of sp³-hybridized carbons (Fsp3) is 0.417. The van der Waals surface area contributed by atoms with Crippen LogP contribution in [0.3, 0.4) is 0 Å². The first-order chi connectivity index (χ1) is 8.63. The van der Waals surface area contributed by atoms with Crippen LogP contribution in [0.15, 0.2) is 22.7 Å². The zero-order valence-electron chi connectivity index (χ0n) is 9.60. The molecule has 1 amide bonds. The second-order valence-corrected chi connectivity index (χ2v) is 4.89. The molecule has 4 nitrogen and oxygen atoms in total. The Morgan fingerprint density at radius 1 is 1.61 bits per heavy atom. The third kappa shape index (κ3) is 2.71. The summed E-state index contributed by atoms with van der Waals surface area (Å²) in [7, 11) is 0. The van der Waals surface area contributed by atoms with E-state index in [1.165, 1.54) is 18.2 Å². The van der Waals surface area contributed by atoms with Gasteiger partial charge in [-0.05, 0) is 34.1 Å². The Bertz CT molecular complexity index is 455. The summed E-state index contributed by atoms with van der Waals surface area (Å²) >= 11 is 3.05. The number of nitrogens with zero attached hydrogens (tertiary/aromatic N) is 1. The van der Waals surface area contributed by atoms with Crippen LogP contribution in [0.5, 0.6) is 0 Å². The number of rotatable bonds is 2. The molecule has 1 N–H and O–H groups in total. The SMILES string of the molecule is O=C(c1ccc(F)c(Br)c1)N1CCOCC1CO. The number of carbonyl (C=O) groups excluding carboxylic acids is 1. The second-order valence-electron chi connectivity index (χ2n) is 4.04. The van der Waals surface area contributed by atoms with Crippen LogP contribution < -0.4 is 0 Å². The van der Waals surface area contributed by atoms with Gasteiger partial charge in [0.1, 0.15) is 5.82 Å². The monoisotopic (exact) mass is 317 g/mol. The molecule has 0 spiro atoms. The first-order valence-corrected chi connectivity index (χ1v) is 6.37. The number of morpholine rings is 1. The zero-order chi connectivity index (χ0) is 13.1. The van der Waals surface area contributed by atoms with E-state index in [-0.39, 0.29) is 23.0 Å². The van der Waals surface area contributed by atoms with Crippen molar-refractivity contribution in [3.8, 4) is 0 Å². The van der Waals surface area contributed by atoms with Gasteiger partial charge in [-0.2, -0.15) is 0 Å². The molecule has 1 fully saturated rings. The van der Waals surface area contributed by atoms with Gasteiger partial charge in [0.15, 0.2) is 0 Å². The zero-order valence-corrected chi connectivity index (χ0v) is 11.2. The Morgan fingerprint density at radius 3 is 3.06 bits per heavy atom. The van der Waals surface area contributed by atoms with Gasteiger partial charge in [0, 0.05) is 12.1 Å². The van der Waals surface area contributed by atoms with Crippen LogP contribution in [0.25, 0.3) is 0 Å². The van der Waals surface area contributed by atoms with Crippen LogP contribution in [-0.2, 0) is 4.74 Å². The van der Waals surface area contributed by atoms with Crippen molar-refractivity contribution in [2.24, 2.45) is 0 Å². The summed E-state index contributed by atoms with van der Waals surface area (Å²) in [5, 5.41) is 9.21. The summed E-state index contributed by atoms with van der Waals surface area (Å²) in [4.78, 5) is 13.8. The Kier molecular flexibility index (Phi) is 4.31. The number of hydrogen-bond acceptors (Lipinski definition) is 3. The van der Waals surface area contributed by atoms with Crippen LogP contribution in [0.4, 0.5) is 4.39 Å². The average Bonchev–Trinajstić information content (AvgIpc) is 2.41. The van der Waals surface area contributed by atoms with Crippen LogP contribution in [0.1, 0.15) is 10.4 Å². The molecule has 18 heavy (non-hydrogen) atoms. The molecule has 1 unspecified atom stereocenters. The minimum Gasteiger partial charge on any atom is -0.394 e. The number of carbonyl (C=O) groups is 1. The maximum absolute atomic E-state index is 13.1. The lowest BCUT2D eigenvalue weighted by atomic mass is 10.1.